The monoisotopic (exact) mass is 333 g/mol. The molecule has 0 bridgehead atoms. The van der Waals surface area contributed by atoms with Crippen LogP contribution >= 0.6 is 11.8 Å². The average Bonchev–Trinajstić information content (AvgIpc) is 2.41. The summed E-state index contributed by atoms with van der Waals surface area (Å²) in [6.45, 7) is 1.79. The Bertz CT molecular complexity index is 648. The first-order valence-corrected chi connectivity index (χ1v) is 8.99. The number of thioether (sulfide) groups is 1. The zero-order valence-corrected chi connectivity index (χ0v) is 13.1. The van der Waals surface area contributed by atoms with Gasteiger partial charge >= 0.3 is 5.97 Å². The molecule has 1 saturated heterocycles. The van der Waals surface area contributed by atoms with E-state index in [4.69, 9.17) is 5.11 Å². The van der Waals surface area contributed by atoms with E-state index in [1.54, 1.807) is 6.92 Å². The third kappa shape index (κ3) is 3.56. The highest BCUT2D eigenvalue weighted by molar-refractivity contribution is 7.99. The summed E-state index contributed by atoms with van der Waals surface area (Å²) in [4.78, 5) is 10.8. The second kappa shape index (κ2) is 6.33. The van der Waals surface area contributed by atoms with Crippen LogP contribution in [-0.4, -0.2) is 47.9 Å². The SMILES string of the molecule is Cc1ccc(S(=O)(=O)N2CCSCC2CC(=O)O)cc1F. The maximum atomic E-state index is 13.6. The summed E-state index contributed by atoms with van der Waals surface area (Å²) < 4.78 is 40.0. The molecule has 21 heavy (non-hydrogen) atoms. The topological polar surface area (TPSA) is 74.7 Å². The summed E-state index contributed by atoms with van der Waals surface area (Å²) in [5.41, 5.74) is 0.366. The second-order valence-electron chi connectivity index (χ2n) is 4.85. The molecule has 1 heterocycles. The van der Waals surface area contributed by atoms with Crippen molar-refractivity contribution in [2.75, 3.05) is 18.1 Å². The Morgan fingerprint density at radius 3 is 2.86 bits per heavy atom. The van der Waals surface area contributed by atoms with Crippen LogP contribution in [0.3, 0.4) is 0 Å². The number of sulfonamides is 1. The van der Waals surface area contributed by atoms with Crippen LogP contribution < -0.4 is 0 Å². The molecule has 1 N–H and O–H groups in total. The van der Waals surface area contributed by atoms with E-state index in [-0.39, 0.29) is 17.9 Å². The number of benzene rings is 1. The van der Waals surface area contributed by atoms with Gasteiger partial charge in [0.25, 0.3) is 0 Å². The highest BCUT2D eigenvalue weighted by atomic mass is 32.2. The molecule has 1 aliphatic rings. The maximum absolute atomic E-state index is 13.6. The molecule has 0 aromatic heterocycles. The largest absolute Gasteiger partial charge is 0.481 e. The molecule has 2 rings (SSSR count). The average molecular weight is 333 g/mol. The number of nitrogens with zero attached hydrogens (tertiary/aromatic N) is 1. The van der Waals surface area contributed by atoms with Crippen LogP contribution in [-0.2, 0) is 14.8 Å². The Morgan fingerprint density at radius 2 is 2.24 bits per heavy atom. The van der Waals surface area contributed by atoms with Gasteiger partial charge in [0.2, 0.25) is 10.0 Å². The number of hydrogen-bond donors (Lipinski definition) is 1. The van der Waals surface area contributed by atoms with Crippen LogP contribution in [0.25, 0.3) is 0 Å². The lowest BCUT2D eigenvalue weighted by Gasteiger charge is -2.33. The Kier molecular flexibility index (Phi) is 4.90. The highest BCUT2D eigenvalue weighted by Crippen LogP contribution is 2.27. The molecular formula is C13H16FNO4S2. The minimum Gasteiger partial charge on any atom is -0.481 e. The fourth-order valence-electron chi connectivity index (χ4n) is 2.19. The Morgan fingerprint density at radius 1 is 1.52 bits per heavy atom. The van der Waals surface area contributed by atoms with Gasteiger partial charge in [-0.2, -0.15) is 16.1 Å². The zero-order valence-electron chi connectivity index (χ0n) is 11.5. The van der Waals surface area contributed by atoms with Crippen LogP contribution in [0.15, 0.2) is 23.1 Å². The number of aliphatic carboxylic acids is 1. The van der Waals surface area contributed by atoms with Gasteiger partial charge in [0.15, 0.2) is 0 Å². The lowest BCUT2D eigenvalue weighted by molar-refractivity contribution is -0.137. The Balaban J connectivity index is 2.35. The quantitative estimate of drug-likeness (QED) is 0.908. The third-order valence-corrected chi connectivity index (χ3v) is 6.37. The van der Waals surface area contributed by atoms with Crippen LogP contribution in [0.2, 0.25) is 0 Å². The number of halogens is 1. The Hall–Kier alpha value is -1.12. The van der Waals surface area contributed by atoms with Crippen LogP contribution in [0.1, 0.15) is 12.0 Å². The molecule has 0 radical (unpaired) electrons. The van der Waals surface area contributed by atoms with Crippen molar-refractivity contribution in [3.05, 3.63) is 29.6 Å². The summed E-state index contributed by atoms with van der Waals surface area (Å²) in [6, 6.07) is 3.15. The second-order valence-corrected chi connectivity index (χ2v) is 7.89. The fraction of sp³-hybridized carbons (Fsp3) is 0.462. The number of carbonyl (C=O) groups is 1. The molecule has 5 nitrogen and oxygen atoms in total. The van der Waals surface area contributed by atoms with E-state index in [2.05, 4.69) is 0 Å². The van der Waals surface area contributed by atoms with E-state index in [0.717, 1.165) is 6.07 Å². The van der Waals surface area contributed by atoms with Gasteiger partial charge < -0.3 is 5.11 Å². The predicted octanol–water partition coefficient (Wildman–Crippen LogP) is 1.71. The molecule has 1 atom stereocenters. The van der Waals surface area contributed by atoms with Gasteiger partial charge in [-0.3, -0.25) is 4.79 Å². The molecular weight excluding hydrogens is 317 g/mol. The summed E-state index contributed by atoms with van der Waals surface area (Å²) in [7, 11) is -3.88. The number of aryl methyl sites for hydroxylation is 1. The van der Waals surface area contributed by atoms with Gasteiger partial charge in [-0.25, -0.2) is 12.8 Å². The lowest BCUT2D eigenvalue weighted by Crippen LogP contribution is -2.47. The van der Waals surface area contributed by atoms with Gasteiger partial charge in [0.05, 0.1) is 11.3 Å². The van der Waals surface area contributed by atoms with E-state index in [1.165, 1.54) is 28.2 Å². The van der Waals surface area contributed by atoms with Gasteiger partial charge in [-0.1, -0.05) is 6.07 Å². The lowest BCUT2D eigenvalue weighted by atomic mass is 10.2. The normalized spacial score (nSPS) is 20.4. The highest BCUT2D eigenvalue weighted by Gasteiger charge is 2.35. The minimum absolute atomic E-state index is 0.132. The summed E-state index contributed by atoms with van der Waals surface area (Å²) in [5, 5.41) is 8.91. The summed E-state index contributed by atoms with van der Waals surface area (Å²) >= 11 is 1.52. The van der Waals surface area contributed by atoms with Crippen LogP contribution in [0, 0.1) is 12.7 Å². The smallest absolute Gasteiger partial charge is 0.305 e. The van der Waals surface area contributed by atoms with Crippen molar-refractivity contribution in [1.82, 2.24) is 4.31 Å². The molecule has 1 fully saturated rings. The van der Waals surface area contributed by atoms with E-state index in [9.17, 15) is 17.6 Å². The molecule has 1 aliphatic heterocycles. The first-order valence-electron chi connectivity index (χ1n) is 6.40. The van der Waals surface area contributed by atoms with Crippen molar-refractivity contribution in [2.24, 2.45) is 0 Å². The van der Waals surface area contributed by atoms with Gasteiger partial charge in [0.1, 0.15) is 5.82 Å². The number of rotatable bonds is 4. The fourth-order valence-corrected chi connectivity index (χ4v) is 5.10. The van der Waals surface area contributed by atoms with Gasteiger partial charge in [-0.15, -0.1) is 0 Å². The first kappa shape index (κ1) is 16.3. The first-order chi connectivity index (χ1) is 9.82. The van der Waals surface area contributed by atoms with Crippen molar-refractivity contribution >= 4 is 27.8 Å². The number of hydrogen-bond acceptors (Lipinski definition) is 4. The maximum Gasteiger partial charge on any atom is 0.305 e. The van der Waals surface area contributed by atoms with Crippen LogP contribution in [0.4, 0.5) is 4.39 Å². The van der Waals surface area contributed by atoms with Crippen molar-refractivity contribution < 1.29 is 22.7 Å². The third-order valence-electron chi connectivity index (χ3n) is 3.33. The van der Waals surface area contributed by atoms with Crippen molar-refractivity contribution in [3.63, 3.8) is 0 Å². The van der Waals surface area contributed by atoms with Crippen LogP contribution in [0.5, 0.6) is 0 Å². The molecule has 116 valence electrons. The number of carboxylic acids is 1. The molecule has 0 saturated carbocycles. The van der Waals surface area contributed by atoms with Crippen molar-refractivity contribution in [1.29, 1.82) is 0 Å². The summed E-state index contributed by atoms with van der Waals surface area (Å²) in [5.74, 6) is -0.598. The molecule has 0 aliphatic carbocycles. The minimum atomic E-state index is -3.88. The standard InChI is InChI=1S/C13H16FNO4S2/c1-9-2-3-11(7-12(9)14)21(18,19)15-4-5-20-8-10(15)6-13(16)17/h2-3,7,10H,4-6,8H2,1H3,(H,16,17). The number of carboxylic acid groups (broad SMARTS) is 1. The van der Waals surface area contributed by atoms with E-state index in [1.807, 2.05) is 0 Å². The predicted molar refractivity (Wildman–Crippen MR) is 78.4 cm³/mol. The molecule has 1 aromatic carbocycles. The van der Waals surface area contributed by atoms with Crippen molar-refractivity contribution in [2.45, 2.75) is 24.3 Å². The molecule has 0 spiro atoms. The Labute approximate surface area is 127 Å². The van der Waals surface area contributed by atoms with Crippen molar-refractivity contribution in [3.8, 4) is 0 Å². The van der Waals surface area contributed by atoms with E-state index >= 15 is 0 Å². The van der Waals surface area contributed by atoms with E-state index < -0.39 is 27.9 Å². The van der Waals surface area contributed by atoms with E-state index in [0.29, 0.717) is 17.1 Å². The van der Waals surface area contributed by atoms with Gasteiger partial charge in [-0.05, 0) is 24.6 Å². The van der Waals surface area contributed by atoms with Gasteiger partial charge in [0, 0.05) is 24.1 Å². The molecule has 1 aromatic rings. The molecule has 8 heteroatoms. The molecule has 0 amide bonds. The zero-order chi connectivity index (χ0) is 15.6. The summed E-state index contributed by atoms with van der Waals surface area (Å²) in [6.07, 6.45) is -0.249. The molecule has 1 unspecified atom stereocenters.